The molecule has 4 rings (SSSR count). The smallest absolute Gasteiger partial charge is 0.410 e. The SMILES string of the molecule is CCOC(=O)N1CCCCC1CNc1nc(-c2cc(OCC(O)CNC)ccc2Cl)nc(-c2c(C)noc2C)c1C. The van der Waals surface area contributed by atoms with Crippen LogP contribution in [-0.2, 0) is 4.74 Å². The van der Waals surface area contributed by atoms with Gasteiger partial charge in [-0.3, -0.25) is 0 Å². The third-order valence-corrected chi connectivity index (χ3v) is 7.44. The number of aromatic nitrogens is 3. The van der Waals surface area contributed by atoms with Crippen LogP contribution in [0.15, 0.2) is 22.7 Å². The number of likely N-dealkylation sites (N-methyl/N-ethyl adjacent to an activating group) is 1. The molecule has 1 saturated heterocycles. The summed E-state index contributed by atoms with van der Waals surface area (Å²) in [6.07, 6.45) is 1.89. The quantitative estimate of drug-likeness (QED) is 0.288. The second-order valence-corrected chi connectivity index (χ2v) is 10.6. The van der Waals surface area contributed by atoms with Crippen LogP contribution in [-0.4, -0.2) is 83.3 Å². The highest BCUT2D eigenvalue weighted by atomic mass is 35.5. The molecule has 0 spiro atoms. The number of nitrogens with zero attached hydrogens (tertiary/aromatic N) is 4. The fourth-order valence-corrected chi connectivity index (χ4v) is 5.20. The monoisotopic (exact) mass is 586 g/mol. The van der Waals surface area contributed by atoms with Gasteiger partial charge in [-0.2, -0.15) is 0 Å². The molecular weight excluding hydrogens is 548 g/mol. The third-order valence-electron chi connectivity index (χ3n) is 7.11. The van der Waals surface area contributed by atoms with Crippen molar-refractivity contribution in [2.75, 3.05) is 45.2 Å². The van der Waals surface area contributed by atoms with Gasteiger partial charge in [0.15, 0.2) is 5.82 Å². The summed E-state index contributed by atoms with van der Waals surface area (Å²) in [5, 5.41) is 21.1. The Morgan fingerprint density at radius 3 is 2.78 bits per heavy atom. The molecule has 0 aliphatic carbocycles. The Hall–Kier alpha value is -3.41. The van der Waals surface area contributed by atoms with E-state index in [-0.39, 0.29) is 18.7 Å². The summed E-state index contributed by atoms with van der Waals surface area (Å²) in [5.74, 6) is 2.18. The number of aryl methyl sites for hydroxylation is 2. The highest BCUT2D eigenvalue weighted by molar-refractivity contribution is 6.33. The van der Waals surface area contributed by atoms with Crippen molar-refractivity contribution in [1.29, 1.82) is 0 Å². The van der Waals surface area contributed by atoms with Crippen molar-refractivity contribution in [3.05, 3.63) is 40.2 Å². The van der Waals surface area contributed by atoms with Crippen LogP contribution in [0.5, 0.6) is 5.75 Å². The zero-order chi connectivity index (χ0) is 29.5. The summed E-state index contributed by atoms with van der Waals surface area (Å²) in [6.45, 7) is 9.50. The maximum Gasteiger partial charge on any atom is 0.410 e. The molecular formula is C29H39ClN6O5. The standard InChI is InChI=1S/C29H39ClN6O5/c1-6-39-29(38)36-12-8-7-9-20(36)14-32-27-17(2)26(25-18(3)35-41-19(25)4)33-28(34-27)23-13-22(10-11-24(23)30)40-16-21(37)15-31-5/h10-11,13,20-21,31,37H,6-9,12,14-16H2,1-5H3,(H,32,33,34). The van der Waals surface area contributed by atoms with Crippen LogP contribution in [0, 0.1) is 20.8 Å². The molecule has 41 heavy (non-hydrogen) atoms. The first-order valence-corrected chi connectivity index (χ1v) is 14.4. The van der Waals surface area contributed by atoms with Gasteiger partial charge in [0.2, 0.25) is 0 Å². The topological polar surface area (TPSA) is 135 Å². The molecule has 2 aromatic heterocycles. The fourth-order valence-electron chi connectivity index (χ4n) is 5.00. The Balaban J connectivity index is 1.70. The Morgan fingerprint density at radius 2 is 2.07 bits per heavy atom. The third kappa shape index (κ3) is 7.27. The highest BCUT2D eigenvalue weighted by Gasteiger charge is 2.28. The van der Waals surface area contributed by atoms with Crippen molar-refractivity contribution in [2.45, 2.75) is 59.1 Å². The minimum atomic E-state index is -0.661. The lowest BCUT2D eigenvalue weighted by atomic mass is 10.0. The van der Waals surface area contributed by atoms with Crippen molar-refractivity contribution in [3.63, 3.8) is 0 Å². The molecule has 1 amide bonds. The van der Waals surface area contributed by atoms with Gasteiger partial charge >= 0.3 is 6.09 Å². The maximum absolute atomic E-state index is 12.6. The van der Waals surface area contributed by atoms with Crippen LogP contribution in [0.1, 0.15) is 43.2 Å². The summed E-state index contributed by atoms with van der Waals surface area (Å²) >= 11 is 6.65. The second-order valence-electron chi connectivity index (χ2n) is 10.2. The first-order valence-electron chi connectivity index (χ1n) is 14.0. The summed E-state index contributed by atoms with van der Waals surface area (Å²) in [5.41, 5.74) is 3.57. The summed E-state index contributed by atoms with van der Waals surface area (Å²) < 4.78 is 16.6. The van der Waals surface area contributed by atoms with Crippen molar-refractivity contribution >= 4 is 23.5 Å². The molecule has 1 fully saturated rings. The molecule has 1 aromatic carbocycles. The van der Waals surface area contributed by atoms with Gasteiger partial charge in [0, 0.05) is 30.8 Å². The first kappa shape index (κ1) is 30.5. The summed E-state index contributed by atoms with van der Waals surface area (Å²) in [7, 11) is 1.77. The number of nitrogens with one attached hydrogen (secondary N) is 2. The van der Waals surface area contributed by atoms with Crippen LogP contribution in [0.2, 0.25) is 5.02 Å². The Kier molecular flexibility index (Phi) is 10.4. The number of ether oxygens (including phenoxy) is 2. The number of rotatable bonds is 11. The molecule has 0 saturated carbocycles. The van der Waals surface area contributed by atoms with Crippen LogP contribution in [0.3, 0.4) is 0 Å². The van der Waals surface area contributed by atoms with Crippen LogP contribution in [0.25, 0.3) is 22.6 Å². The number of piperidine rings is 1. The molecule has 11 nitrogen and oxygen atoms in total. The molecule has 1 aliphatic rings. The van der Waals surface area contributed by atoms with Crippen LogP contribution in [0.4, 0.5) is 10.6 Å². The molecule has 222 valence electrons. The van der Waals surface area contributed by atoms with Gasteiger partial charge in [-0.15, -0.1) is 0 Å². The Bertz CT molecular complexity index is 1330. The number of hydrogen-bond donors (Lipinski definition) is 3. The van der Waals surface area contributed by atoms with Gasteiger partial charge in [0.05, 0.1) is 34.6 Å². The van der Waals surface area contributed by atoms with E-state index in [1.165, 1.54) is 0 Å². The molecule has 3 N–H and O–H groups in total. The average Bonchev–Trinajstić information content (AvgIpc) is 3.29. The lowest BCUT2D eigenvalue weighted by Gasteiger charge is -2.35. The first-order chi connectivity index (χ1) is 19.7. The minimum Gasteiger partial charge on any atom is -0.491 e. The molecule has 12 heteroatoms. The predicted molar refractivity (Wildman–Crippen MR) is 157 cm³/mol. The molecule has 2 unspecified atom stereocenters. The molecule has 3 aromatic rings. The van der Waals surface area contributed by atoms with Gasteiger partial charge in [-0.05, 0) is 72.2 Å². The normalized spacial score (nSPS) is 16.0. The van der Waals surface area contributed by atoms with Gasteiger partial charge in [-0.1, -0.05) is 16.8 Å². The van der Waals surface area contributed by atoms with Crippen LogP contribution < -0.4 is 15.4 Å². The number of likely N-dealkylation sites (tertiary alicyclic amines) is 1. The molecule has 0 radical (unpaired) electrons. The Labute approximate surface area is 245 Å². The van der Waals surface area contributed by atoms with Gasteiger partial charge in [0.1, 0.15) is 30.0 Å². The van der Waals surface area contributed by atoms with Gasteiger partial charge in [0.25, 0.3) is 0 Å². The number of aliphatic hydroxyl groups excluding tert-OH is 1. The lowest BCUT2D eigenvalue weighted by Crippen LogP contribution is -2.47. The lowest BCUT2D eigenvalue weighted by molar-refractivity contribution is 0.0797. The number of anilines is 1. The second kappa shape index (κ2) is 14.0. The Morgan fingerprint density at radius 1 is 1.27 bits per heavy atom. The number of amides is 1. The molecule has 1 aliphatic heterocycles. The molecule has 2 atom stereocenters. The summed E-state index contributed by atoms with van der Waals surface area (Å²) in [4.78, 5) is 24.2. The van der Waals surface area contributed by atoms with E-state index < -0.39 is 6.10 Å². The number of carbonyl (C=O) groups excluding carboxylic acids is 1. The van der Waals surface area contributed by atoms with E-state index in [9.17, 15) is 9.90 Å². The largest absolute Gasteiger partial charge is 0.491 e. The van der Waals surface area contributed by atoms with E-state index >= 15 is 0 Å². The van der Waals surface area contributed by atoms with Crippen molar-refractivity contribution < 1.29 is 23.9 Å². The van der Waals surface area contributed by atoms with Gasteiger partial charge in [-0.25, -0.2) is 14.8 Å². The highest BCUT2D eigenvalue weighted by Crippen LogP contribution is 2.36. The number of benzene rings is 1. The average molecular weight is 587 g/mol. The fraction of sp³-hybridized carbons (Fsp3) is 0.517. The van der Waals surface area contributed by atoms with Crippen molar-refractivity contribution in [1.82, 2.24) is 25.3 Å². The van der Waals surface area contributed by atoms with E-state index in [0.29, 0.717) is 71.4 Å². The zero-order valence-electron chi connectivity index (χ0n) is 24.3. The van der Waals surface area contributed by atoms with Crippen molar-refractivity contribution in [3.8, 4) is 28.4 Å². The number of carbonyl (C=O) groups is 1. The maximum atomic E-state index is 12.6. The van der Waals surface area contributed by atoms with E-state index in [1.54, 1.807) is 30.1 Å². The number of hydrogen-bond acceptors (Lipinski definition) is 10. The van der Waals surface area contributed by atoms with E-state index in [4.69, 9.17) is 35.6 Å². The molecule has 3 heterocycles. The molecule has 0 bridgehead atoms. The zero-order valence-corrected chi connectivity index (χ0v) is 25.0. The van der Waals surface area contributed by atoms with E-state index in [1.807, 2.05) is 27.7 Å². The summed E-state index contributed by atoms with van der Waals surface area (Å²) in [6, 6.07) is 5.20. The van der Waals surface area contributed by atoms with E-state index in [2.05, 4.69) is 15.8 Å². The predicted octanol–water partition coefficient (Wildman–Crippen LogP) is 4.76. The van der Waals surface area contributed by atoms with Crippen molar-refractivity contribution in [2.24, 2.45) is 0 Å². The van der Waals surface area contributed by atoms with Gasteiger partial charge < -0.3 is 34.6 Å². The number of aliphatic hydroxyl groups is 1. The number of halogens is 1. The van der Waals surface area contributed by atoms with Crippen LogP contribution >= 0.6 is 11.6 Å². The minimum absolute atomic E-state index is 0.0347. The van der Waals surface area contributed by atoms with E-state index in [0.717, 1.165) is 30.4 Å².